The van der Waals surface area contributed by atoms with Crippen molar-refractivity contribution >= 4 is 11.3 Å². The SMILES string of the molecule is Cc1ccc(C2OCCC2C#N)s1. The number of hydrogen-bond donors (Lipinski definition) is 0. The predicted molar refractivity (Wildman–Crippen MR) is 51.5 cm³/mol. The van der Waals surface area contributed by atoms with Gasteiger partial charge in [-0.1, -0.05) is 0 Å². The van der Waals surface area contributed by atoms with Crippen LogP contribution in [-0.4, -0.2) is 6.61 Å². The first-order valence-electron chi connectivity index (χ1n) is 4.39. The summed E-state index contributed by atoms with van der Waals surface area (Å²) in [5.41, 5.74) is 0. The maximum absolute atomic E-state index is 8.88. The van der Waals surface area contributed by atoms with Crippen LogP contribution in [0.2, 0.25) is 0 Å². The second-order valence-electron chi connectivity index (χ2n) is 3.26. The first-order valence-corrected chi connectivity index (χ1v) is 5.20. The molecule has 0 saturated carbocycles. The van der Waals surface area contributed by atoms with E-state index in [9.17, 15) is 0 Å². The van der Waals surface area contributed by atoms with Crippen LogP contribution in [0.25, 0.3) is 0 Å². The smallest absolute Gasteiger partial charge is 0.107 e. The zero-order valence-corrected chi connectivity index (χ0v) is 8.30. The van der Waals surface area contributed by atoms with E-state index in [2.05, 4.69) is 25.1 Å². The number of rotatable bonds is 1. The Morgan fingerprint density at radius 3 is 3.08 bits per heavy atom. The van der Waals surface area contributed by atoms with Gasteiger partial charge in [-0.15, -0.1) is 11.3 Å². The standard InChI is InChI=1S/C10H11NOS/c1-7-2-3-9(13-7)10-8(6-11)4-5-12-10/h2-3,8,10H,4-5H2,1H3. The molecule has 0 N–H and O–H groups in total. The summed E-state index contributed by atoms with van der Waals surface area (Å²) in [5.74, 6) is 0.0537. The molecule has 3 heteroatoms. The molecular formula is C10H11NOS. The molecule has 1 aliphatic heterocycles. The van der Waals surface area contributed by atoms with Crippen molar-refractivity contribution in [2.24, 2.45) is 5.92 Å². The number of hydrogen-bond acceptors (Lipinski definition) is 3. The van der Waals surface area contributed by atoms with Gasteiger partial charge in [0.25, 0.3) is 0 Å². The summed E-state index contributed by atoms with van der Waals surface area (Å²) in [4.78, 5) is 2.48. The third kappa shape index (κ3) is 1.60. The first kappa shape index (κ1) is 8.74. The largest absolute Gasteiger partial charge is 0.371 e. The van der Waals surface area contributed by atoms with Crippen molar-refractivity contribution in [2.75, 3.05) is 6.61 Å². The van der Waals surface area contributed by atoms with E-state index in [1.54, 1.807) is 11.3 Å². The molecule has 13 heavy (non-hydrogen) atoms. The van der Waals surface area contributed by atoms with Gasteiger partial charge in [0.05, 0.1) is 12.0 Å². The Hall–Kier alpha value is -0.850. The van der Waals surface area contributed by atoms with Crippen LogP contribution in [-0.2, 0) is 4.74 Å². The van der Waals surface area contributed by atoms with Crippen molar-refractivity contribution in [3.8, 4) is 6.07 Å². The Morgan fingerprint density at radius 1 is 1.62 bits per heavy atom. The lowest BCUT2D eigenvalue weighted by Crippen LogP contribution is -2.02. The fraction of sp³-hybridized carbons (Fsp3) is 0.500. The first-order chi connectivity index (χ1) is 6.31. The quantitative estimate of drug-likeness (QED) is 0.687. The highest BCUT2D eigenvalue weighted by Crippen LogP contribution is 2.37. The predicted octanol–water partition coefficient (Wildman–Crippen LogP) is 2.66. The van der Waals surface area contributed by atoms with Crippen LogP contribution in [0.15, 0.2) is 12.1 Å². The lowest BCUT2D eigenvalue weighted by Gasteiger charge is -2.09. The number of ether oxygens (including phenoxy) is 1. The highest BCUT2D eigenvalue weighted by molar-refractivity contribution is 7.12. The molecule has 0 bridgehead atoms. The maximum atomic E-state index is 8.88. The Labute approximate surface area is 81.8 Å². The van der Waals surface area contributed by atoms with Gasteiger partial charge in [0.2, 0.25) is 0 Å². The van der Waals surface area contributed by atoms with Gasteiger partial charge in [0.15, 0.2) is 0 Å². The summed E-state index contributed by atoms with van der Waals surface area (Å²) < 4.78 is 5.54. The average Bonchev–Trinajstić information content (AvgIpc) is 2.71. The summed E-state index contributed by atoms with van der Waals surface area (Å²) in [6.45, 7) is 2.80. The highest BCUT2D eigenvalue weighted by atomic mass is 32.1. The summed E-state index contributed by atoms with van der Waals surface area (Å²) in [6, 6.07) is 6.45. The van der Waals surface area contributed by atoms with Gasteiger partial charge in [-0.25, -0.2) is 0 Å². The van der Waals surface area contributed by atoms with Crippen LogP contribution in [0.4, 0.5) is 0 Å². The molecule has 0 radical (unpaired) electrons. The molecule has 1 aromatic rings. The van der Waals surface area contributed by atoms with Crippen LogP contribution in [0.3, 0.4) is 0 Å². The summed E-state index contributed by atoms with van der Waals surface area (Å²) in [7, 11) is 0. The van der Waals surface area contributed by atoms with Crippen molar-refractivity contribution in [3.63, 3.8) is 0 Å². The molecule has 2 rings (SSSR count). The van der Waals surface area contributed by atoms with E-state index >= 15 is 0 Å². The molecule has 2 atom stereocenters. The molecule has 1 saturated heterocycles. The number of thiophene rings is 1. The maximum Gasteiger partial charge on any atom is 0.107 e. The van der Waals surface area contributed by atoms with Gasteiger partial charge in [0, 0.05) is 16.4 Å². The van der Waals surface area contributed by atoms with E-state index in [0.717, 1.165) is 13.0 Å². The Balaban J connectivity index is 2.21. The Morgan fingerprint density at radius 2 is 2.46 bits per heavy atom. The van der Waals surface area contributed by atoms with Crippen LogP contribution < -0.4 is 0 Å². The van der Waals surface area contributed by atoms with Gasteiger partial charge in [-0.05, 0) is 25.5 Å². The minimum absolute atomic E-state index is 0.0312. The molecule has 2 unspecified atom stereocenters. The molecule has 0 amide bonds. The van der Waals surface area contributed by atoms with Crippen LogP contribution in [0.1, 0.15) is 22.3 Å². The fourth-order valence-corrected chi connectivity index (χ4v) is 2.60. The molecule has 0 spiro atoms. The van der Waals surface area contributed by atoms with Crippen molar-refractivity contribution in [1.29, 1.82) is 5.26 Å². The topological polar surface area (TPSA) is 33.0 Å². The van der Waals surface area contributed by atoms with E-state index in [1.165, 1.54) is 9.75 Å². The minimum Gasteiger partial charge on any atom is -0.371 e. The van der Waals surface area contributed by atoms with Gasteiger partial charge >= 0.3 is 0 Å². The van der Waals surface area contributed by atoms with Gasteiger partial charge < -0.3 is 4.74 Å². The monoisotopic (exact) mass is 193 g/mol. The number of nitrogens with zero attached hydrogens (tertiary/aromatic N) is 1. The van der Waals surface area contributed by atoms with E-state index < -0.39 is 0 Å². The third-order valence-electron chi connectivity index (χ3n) is 2.30. The highest BCUT2D eigenvalue weighted by Gasteiger charge is 2.30. The Bertz CT molecular complexity index is 339. The summed E-state index contributed by atoms with van der Waals surface area (Å²) in [5, 5.41) is 8.88. The third-order valence-corrected chi connectivity index (χ3v) is 3.36. The second kappa shape index (κ2) is 3.49. The molecule has 2 heterocycles. The molecular weight excluding hydrogens is 182 g/mol. The van der Waals surface area contributed by atoms with Crippen LogP contribution in [0, 0.1) is 24.2 Å². The van der Waals surface area contributed by atoms with E-state index in [-0.39, 0.29) is 12.0 Å². The molecule has 0 aliphatic carbocycles. The van der Waals surface area contributed by atoms with Crippen molar-refractivity contribution in [1.82, 2.24) is 0 Å². The Kier molecular flexibility index (Phi) is 2.34. The van der Waals surface area contributed by atoms with Crippen molar-refractivity contribution < 1.29 is 4.74 Å². The minimum atomic E-state index is 0.0312. The van der Waals surface area contributed by atoms with Crippen molar-refractivity contribution in [2.45, 2.75) is 19.4 Å². The molecule has 1 fully saturated rings. The van der Waals surface area contributed by atoms with Gasteiger partial charge in [0.1, 0.15) is 6.10 Å². The normalized spacial score (nSPS) is 27.4. The summed E-state index contributed by atoms with van der Waals surface area (Å²) >= 11 is 1.73. The van der Waals surface area contributed by atoms with E-state index in [0.29, 0.717) is 0 Å². The molecule has 68 valence electrons. The zero-order valence-electron chi connectivity index (χ0n) is 7.49. The zero-order chi connectivity index (χ0) is 9.26. The van der Waals surface area contributed by atoms with Gasteiger partial charge in [-0.3, -0.25) is 0 Å². The van der Waals surface area contributed by atoms with Gasteiger partial charge in [-0.2, -0.15) is 5.26 Å². The summed E-state index contributed by atoms with van der Waals surface area (Å²) in [6.07, 6.45) is 0.904. The van der Waals surface area contributed by atoms with E-state index in [4.69, 9.17) is 10.00 Å². The lowest BCUT2D eigenvalue weighted by atomic mass is 10.0. The van der Waals surface area contributed by atoms with Crippen LogP contribution >= 0.6 is 11.3 Å². The molecule has 2 nitrogen and oxygen atoms in total. The van der Waals surface area contributed by atoms with E-state index in [1.807, 2.05) is 0 Å². The molecule has 1 aliphatic rings. The second-order valence-corrected chi connectivity index (χ2v) is 4.58. The van der Waals surface area contributed by atoms with Crippen LogP contribution in [0.5, 0.6) is 0 Å². The number of nitriles is 1. The number of aryl methyl sites for hydroxylation is 1. The van der Waals surface area contributed by atoms with Crippen molar-refractivity contribution in [3.05, 3.63) is 21.9 Å². The molecule has 0 aromatic carbocycles. The average molecular weight is 193 g/mol. The molecule has 1 aromatic heterocycles. The fourth-order valence-electron chi connectivity index (χ4n) is 1.61. The lowest BCUT2D eigenvalue weighted by molar-refractivity contribution is 0.103.